The zero-order chi connectivity index (χ0) is 18.5. The maximum absolute atomic E-state index is 4.84. The molecule has 1 radical (unpaired) electrons. The average Bonchev–Trinajstić information content (AvgIpc) is 3.33. The van der Waals surface area contributed by atoms with Crippen LogP contribution in [0.25, 0.3) is 48.3 Å². The van der Waals surface area contributed by atoms with Crippen molar-refractivity contribution >= 4 is 43.4 Å². The molecule has 4 heteroatoms. The predicted molar refractivity (Wildman–Crippen MR) is 119 cm³/mol. The van der Waals surface area contributed by atoms with Gasteiger partial charge < -0.3 is 4.57 Å². The van der Waals surface area contributed by atoms with Crippen molar-refractivity contribution in [2.45, 2.75) is 0 Å². The van der Waals surface area contributed by atoms with Gasteiger partial charge in [0.2, 0.25) is 0 Å². The van der Waals surface area contributed by atoms with Crippen molar-refractivity contribution in [3.05, 3.63) is 97.1 Å². The Hall–Kier alpha value is -2.78. The molecule has 2 nitrogen and oxygen atoms in total. The van der Waals surface area contributed by atoms with E-state index in [0.29, 0.717) is 0 Å². The molecule has 2 heterocycles. The van der Waals surface area contributed by atoms with Crippen molar-refractivity contribution in [1.29, 1.82) is 0 Å². The summed E-state index contributed by atoms with van der Waals surface area (Å²) in [6.45, 7) is 0. The van der Waals surface area contributed by atoms with Crippen LogP contribution in [0.4, 0.5) is 0 Å². The number of benzene rings is 4. The number of hydrogen-bond donors (Lipinski definition) is 0. The van der Waals surface area contributed by atoms with Crippen LogP contribution in [0.2, 0.25) is 0 Å². The van der Waals surface area contributed by atoms with Crippen LogP contribution < -0.4 is 0 Å². The van der Waals surface area contributed by atoms with Gasteiger partial charge in [-0.2, -0.15) is 0 Å². The Bertz CT molecular complexity index is 1390. The van der Waals surface area contributed by atoms with Gasteiger partial charge in [0.1, 0.15) is 5.01 Å². The second kappa shape index (κ2) is 7.23. The molecule has 141 valence electrons. The van der Waals surface area contributed by atoms with Crippen LogP contribution in [-0.4, -0.2) is 9.55 Å². The molecule has 6 rings (SSSR count). The molecular formula is C25H16IrN2S. The number of hydrogen-bond acceptors (Lipinski definition) is 2. The molecule has 6 aromatic rings. The van der Waals surface area contributed by atoms with Gasteiger partial charge in [0.25, 0.3) is 0 Å². The minimum absolute atomic E-state index is 0. The third kappa shape index (κ3) is 2.92. The fourth-order valence-electron chi connectivity index (χ4n) is 3.97. The summed E-state index contributed by atoms with van der Waals surface area (Å²) in [6, 6.07) is 34.2. The third-order valence-corrected chi connectivity index (χ3v) is 6.31. The largest absolute Gasteiger partial charge is 0.309 e. The number of thiazole rings is 1. The quantitative estimate of drug-likeness (QED) is 0.219. The van der Waals surface area contributed by atoms with Crippen molar-refractivity contribution in [3.63, 3.8) is 0 Å². The molecule has 0 aliphatic rings. The van der Waals surface area contributed by atoms with E-state index in [9.17, 15) is 0 Å². The Labute approximate surface area is 185 Å². The Kier molecular flexibility index (Phi) is 4.56. The van der Waals surface area contributed by atoms with Crippen LogP contribution in [-0.2, 0) is 20.1 Å². The summed E-state index contributed by atoms with van der Waals surface area (Å²) in [4.78, 5) is 4.84. The summed E-state index contributed by atoms with van der Waals surface area (Å²) in [5, 5.41) is 3.62. The first-order valence-corrected chi connectivity index (χ1v) is 10.1. The SMILES string of the molecule is [Ir].c1cc(-c2nc3ccccc3s2)cc(-n2c3ccccc3c3ccccc32)c1. The number of para-hydroxylation sites is 3. The Balaban J connectivity index is 0.00000181. The second-order valence-electron chi connectivity index (χ2n) is 6.91. The standard InChI is InChI=1S/C25H16N2S.Ir/c1-4-13-22-19(10-1)20-11-2-5-14-23(20)27(22)18-9-7-8-17(16-18)25-26-21-12-3-6-15-24(21)28-25;/h1-16H;. The first kappa shape index (κ1) is 18.3. The molecular weight excluding hydrogens is 553 g/mol. The fraction of sp³-hybridized carbons (Fsp3) is 0. The molecule has 0 bridgehead atoms. The number of aromatic nitrogens is 2. The van der Waals surface area contributed by atoms with E-state index in [2.05, 4.69) is 95.6 Å². The third-order valence-electron chi connectivity index (χ3n) is 5.23. The van der Waals surface area contributed by atoms with Crippen molar-refractivity contribution < 1.29 is 20.1 Å². The molecule has 0 fully saturated rings. The van der Waals surface area contributed by atoms with Gasteiger partial charge in [-0.15, -0.1) is 11.3 Å². The summed E-state index contributed by atoms with van der Waals surface area (Å²) >= 11 is 1.74. The minimum atomic E-state index is 0. The molecule has 0 aliphatic heterocycles. The van der Waals surface area contributed by atoms with E-state index in [4.69, 9.17) is 4.98 Å². The van der Waals surface area contributed by atoms with Crippen molar-refractivity contribution in [2.24, 2.45) is 0 Å². The number of nitrogens with zero attached hydrogens (tertiary/aromatic N) is 2. The first-order chi connectivity index (χ1) is 13.9. The van der Waals surface area contributed by atoms with Crippen LogP contribution >= 0.6 is 11.3 Å². The van der Waals surface area contributed by atoms with Gasteiger partial charge in [0.05, 0.1) is 21.3 Å². The molecule has 29 heavy (non-hydrogen) atoms. The smallest absolute Gasteiger partial charge is 0.124 e. The van der Waals surface area contributed by atoms with Crippen molar-refractivity contribution in [2.75, 3.05) is 0 Å². The summed E-state index contributed by atoms with van der Waals surface area (Å²) in [5.41, 5.74) is 5.83. The summed E-state index contributed by atoms with van der Waals surface area (Å²) in [7, 11) is 0. The Morgan fingerprint density at radius 1 is 0.655 bits per heavy atom. The molecule has 4 aromatic carbocycles. The molecule has 0 amide bonds. The minimum Gasteiger partial charge on any atom is -0.309 e. The maximum Gasteiger partial charge on any atom is 0.124 e. The normalized spacial score (nSPS) is 11.2. The first-order valence-electron chi connectivity index (χ1n) is 9.33. The van der Waals surface area contributed by atoms with Gasteiger partial charge in [-0.3, -0.25) is 0 Å². The van der Waals surface area contributed by atoms with Crippen LogP contribution in [0.15, 0.2) is 97.1 Å². The van der Waals surface area contributed by atoms with Gasteiger partial charge in [-0.1, -0.05) is 60.7 Å². The summed E-state index contributed by atoms with van der Waals surface area (Å²) in [5.74, 6) is 0. The molecule has 0 unspecified atom stereocenters. The van der Waals surface area contributed by atoms with E-state index >= 15 is 0 Å². The molecule has 0 aliphatic carbocycles. The maximum atomic E-state index is 4.84. The molecule has 0 spiro atoms. The average molecular weight is 569 g/mol. The van der Waals surface area contributed by atoms with E-state index in [-0.39, 0.29) is 20.1 Å². The molecule has 0 atom stereocenters. The number of fused-ring (bicyclic) bond motifs is 4. The van der Waals surface area contributed by atoms with E-state index in [1.807, 2.05) is 6.07 Å². The number of rotatable bonds is 2. The Morgan fingerprint density at radius 3 is 2.03 bits per heavy atom. The second-order valence-corrected chi connectivity index (χ2v) is 7.94. The van der Waals surface area contributed by atoms with Crippen molar-refractivity contribution in [1.82, 2.24) is 9.55 Å². The Morgan fingerprint density at radius 2 is 1.31 bits per heavy atom. The van der Waals surface area contributed by atoms with E-state index in [1.165, 1.54) is 26.5 Å². The fourth-order valence-corrected chi connectivity index (χ4v) is 4.94. The topological polar surface area (TPSA) is 17.8 Å². The monoisotopic (exact) mass is 569 g/mol. The molecule has 0 N–H and O–H groups in total. The predicted octanol–water partition coefficient (Wildman–Crippen LogP) is 7.06. The van der Waals surface area contributed by atoms with Gasteiger partial charge in [-0.05, 0) is 36.4 Å². The van der Waals surface area contributed by atoms with Crippen LogP contribution in [0, 0.1) is 0 Å². The summed E-state index contributed by atoms with van der Waals surface area (Å²) in [6.07, 6.45) is 0. The molecule has 0 saturated heterocycles. The van der Waals surface area contributed by atoms with Crippen LogP contribution in [0.3, 0.4) is 0 Å². The zero-order valence-electron chi connectivity index (χ0n) is 15.4. The summed E-state index contributed by atoms with van der Waals surface area (Å²) < 4.78 is 3.57. The van der Waals surface area contributed by atoms with Crippen LogP contribution in [0.1, 0.15) is 0 Å². The zero-order valence-corrected chi connectivity index (χ0v) is 18.6. The van der Waals surface area contributed by atoms with Gasteiger partial charge >= 0.3 is 0 Å². The van der Waals surface area contributed by atoms with Gasteiger partial charge in [0.15, 0.2) is 0 Å². The molecule has 0 saturated carbocycles. The van der Waals surface area contributed by atoms with E-state index < -0.39 is 0 Å². The van der Waals surface area contributed by atoms with Gasteiger partial charge in [0, 0.05) is 42.1 Å². The molecule has 2 aromatic heterocycles. The van der Waals surface area contributed by atoms with E-state index in [0.717, 1.165) is 21.8 Å². The van der Waals surface area contributed by atoms with Crippen molar-refractivity contribution in [3.8, 4) is 16.3 Å². The van der Waals surface area contributed by atoms with Gasteiger partial charge in [-0.25, -0.2) is 4.98 Å². The van der Waals surface area contributed by atoms with E-state index in [1.54, 1.807) is 11.3 Å². The van der Waals surface area contributed by atoms with Crippen LogP contribution in [0.5, 0.6) is 0 Å².